The van der Waals surface area contributed by atoms with Gasteiger partial charge in [0.2, 0.25) is 5.91 Å². The Morgan fingerprint density at radius 1 is 1.29 bits per heavy atom. The summed E-state index contributed by atoms with van der Waals surface area (Å²) in [5.74, 6) is -0.679. The van der Waals surface area contributed by atoms with Gasteiger partial charge in [0.1, 0.15) is 0 Å². The lowest BCUT2D eigenvalue weighted by Crippen LogP contribution is -2.36. The van der Waals surface area contributed by atoms with Crippen molar-refractivity contribution in [2.45, 2.75) is 19.4 Å². The maximum atomic E-state index is 12.7. The van der Waals surface area contributed by atoms with Gasteiger partial charge in [0.25, 0.3) is 5.91 Å². The zero-order chi connectivity index (χ0) is 17.3. The minimum atomic E-state index is -0.456. The molecule has 2 heterocycles. The molecule has 24 heavy (non-hydrogen) atoms. The minimum absolute atomic E-state index is 0.0416. The second-order valence-electron chi connectivity index (χ2n) is 5.89. The van der Waals surface area contributed by atoms with Crippen LogP contribution in [0.15, 0.2) is 41.8 Å². The summed E-state index contributed by atoms with van der Waals surface area (Å²) in [7, 11) is 3.03. The van der Waals surface area contributed by atoms with Crippen molar-refractivity contribution in [1.82, 2.24) is 5.06 Å². The highest BCUT2D eigenvalue weighted by Crippen LogP contribution is 2.43. The molecule has 0 N–H and O–H groups in total. The van der Waals surface area contributed by atoms with Crippen molar-refractivity contribution >= 4 is 28.8 Å². The highest BCUT2D eigenvalue weighted by Gasteiger charge is 2.46. The average molecular weight is 344 g/mol. The van der Waals surface area contributed by atoms with Gasteiger partial charge in [-0.15, -0.1) is 11.3 Å². The molecule has 2 atom stereocenters. The Kier molecular flexibility index (Phi) is 4.69. The van der Waals surface area contributed by atoms with Gasteiger partial charge in [0.15, 0.2) is 0 Å². The van der Waals surface area contributed by atoms with Crippen molar-refractivity contribution in [3.8, 4) is 0 Å². The smallest absolute Gasteiger partial charge is 0.251 e. The van der Waals surface area contributed by atoms with E-state index in [0.717, 1.165) is 16.1 Å². The second-order valence-corrected chi connectivity index (χ2v) is 6.87. The summed E-state index contributed by atoms with van der Waals surface area (Å²) in [6, 6.07) is 11.4. The Balaban J connectivity index is 2.02. The van der Waals surface area contributed by atoms with E-state index in [2.05, 4.69) is 0 Å². The number of carbonyl (C=O) groups is 2. The molecular weight excluding hydrogens is 324 g/mol. The molecule has 3 rings (SSSR count). The third-order valence-corrected chi connectivity index (χ3v) is 5.31. The largest absolute Gasteiger partial charge is 0.303 e. The molecule has 126 valence electrons. The van der Waals surface area contributed by atoms with Crippen molar-refractivity contribution in [3.05, 3.63) is 52.2 Å². The Labute approximate surface area is 145 Å². The van der Waals surface area contributed by atoms with Gasteiger partial charge in [-0.2, -0.15) is 0 Å². The van der Waals surface area contributed by atoms with E-state index >= 15 is 0 Å². The second kappa shape index (κ2) is 6.75. The summed E-state index contributed by atoms with van der Waals surface area (Å²) in [6.45, 7) is 2.01. The fourth-order valence-corrected chi connectivity index (χ4v) is 3.95. The number of hydroxylamine groups is 2. The normalized spacial score (nSPS) is 20.5. The molecule has 0 aliphatic carbocycles. The van der Waals surface area contributed by atoms with E-state index in [1.165, 1.54) is 12.2 Å². The lowest BCUT2D eigenvalue weighted by atomic mass is 9.97. The number of amides is 2. The fourth-order valence-electron chi connectivity index (χ4n) is 3.07. The van der Waals surface area contributed by atoms with Crippen molar-refractivity contribution in [2.24, 2.45) is 5.92 Å². The van der Waals surface area contributed by atoms with Crippen molar-refractivity contribution in [1.29, 1.82) is 0 Å². The minimum Gasteiger partial charge on any atom is -0.303 e. The van der Waals surface area contributed by atoms with Crippen LogP contribution in [0.4, 0.5) is 5.69 Å². The van der Waals surface area contributed by atoms with E-state index < -0.39 is 5.92 Å². The Morgan fingerprint density at radius 3 is 2.58 bits per heavy atom. The van der Waals surface area contributed by atoms with Gasteiger partial charge in [0.05, 0.1) is 19.1 Å². The molecular formula is C18H20N2O3S. The Bertz CT molecular complexity index is 727. The Hall–Kier alpha value is -2.18. The number of carbonyl (C=O) groups excluding carboxylic acids is 2. The maximum Gasteiger partial charge on any atom is 0.251 e. The zero-order valence-corrected chi connectivity index (χ0v) is 14.7. The maximum absolute atomic E-state index is 12.7. The summed E-state index contributed by atoms with van der Waals surface area (Å²) in [4.78, 5) is 33.2. The van der Waals surface area contributed by atoms with Gasteiger partial charge in [-0.3, -0.25) is 14.4 Å². The van der Waals surface area contributed by atoms with Crippen molar-refractivity contribution < 1.29 is 14.4 Å². The molecule has 0 bridgehead atoms. The van der Waals surface area contributed by atoms with Gasteiger partial charge in [0, 0.05) is 24.0 Å². The van der Waals surface area contributed by atoms with Crippen LogP contribution in [-0.4, -0.2) is 31.0 Å². The van der Waals surface area contributed by atoms with E-state index in [4.69, 9.17) is 4.84 Å². The molecule has 1 aromatic heterocycles. The summed E-state index contributed by atoms with van der Waals surface area (Å²) < 4.78 is 0. The third-order valence-electron chi connectivity index (χ3n) is 4.37. The van der Waals surface area contributed by atoms with Gasteiger partial charge in [-0.25, -0.2) is 5.06 Å². The molecule has 0 spiro atoms. The molecule has 1 aromatic carbocycles. The number of anilines is 1. The topological polar surface area (TPSA) is 49.9 Å². The fraction of sp³-hybridized carbons (Fsp3) is 0.333. The molecule has 2 amide bonds. The summed E-state index contributed by atoms with van der Waals surface area (Å²) in [5.41, 5.74) is 1.95. The third kappa shape index (κ3) is 2.95. The molecule has 6 heteroatoms. The lowest BCUT2D eigenvalue weighted by molar-refractivity contribution is -0.173. The molecule has 1 aliphatic heterocycles. The first-order valence-electron chi connectivity index (χ1n) is 7.76. The van der Waals surface area contributed by atoms with Crippen LogP contribution in [0.5, 0.6) is 0 Å². The predicted octanol–water partition coefficient (Wildman–Crippen LogP) is 3.17. The number of benzene rings is 1. The van der Waals surface area contributed by atoms with E-state index in [0.29, 0.717) is 0 Å². The van der Waals surface area contributed by atoms with Crippen LogP contribution < -0.4 is 4.90 Å². The molecule has 2 aromatic rings. The van der Waals surface area contributed by atoms with Crippen LogP contribution in [0.1, 0.15) is 22.9 Å². The van der Waals surface area contributed by atoms with Crippen LogP contribution in [0.2, 0.25) is 0 Å². The highest BCUT2D eigenvalue weighted by molar-refractivity contribution is 7.10. The van der Waals surface area contributed by atoms with Crippen LogP contribution in [0, 0.1) is 12.8 Å². The standard InChI is InChI=1S/C18H20N2O3S/c1-12-6-8-13(9-7-12)20-16(21)11-14(18(22)19(2)23-3)17(20)15-5-4-10-24-15/h4-10,14,17H,11H2,1-3H3/t14-,17+/m1/s1. The highest BCUT2D eigenvalue weighted by atomic mass is 32.1. The van der Waals surface area contributed by atoms with Crippen LogP contribution >= 0.6 is 11.3 Å². The number of hydrogen-bond donors (Lipinski definition) is 0. The van der Waals surface area contributed by atoms with Crippen LogP contribution in [-0.2, 0) is 14.4 Å². The number of thiophene rings is 1. The summed E-state index contributed by atoms with van der Waals surface area (Å²) >= 11 is 1.56. The molecule has 0 unspecified atom stereocenters. The number of rotatable bonds is 4. The lowest BCUT2D eigenvalue weighted by Gasteiger charge is -2.28. The van der Waals surface area contributed by atoms with Gasteiger partial charge >= 0.3 is 0 Å². The van der Waals surface area contributed by atoms with Crippen LogP contribution in [0.25, 0.3) is 0 Å². The average Bonchev–Trinajstić information content (AvgIpc) is 3.21. The van der Waals surface area contributed by atoms with E-state index in [9.17, 15) is 9.59 Å². The van der Waals surface area contributed by atoms with Gasteiger partial charge in [-0.05, 0) is 30.5 Å². The van der Waals surface area contributed by atoms with E-state index in [1.54, 1.807) is 23.3 Å². The van der Waals surface area contributed by atoms with Gasteiger partial charge < -0.3 is 4.90 Å². The van der Waals surface area contributed by atoms with E-state index in [1.807, 2.05) is 48.7 Å². The van der Waals surface area contributed by atoms with Crippen molar-refractivity contribution in [2.75, 3.05) is 19.1 Å². The Morgan fingerprint density at radius 2 is 2.00 bits per heavy atom. The first-order valence-corrected chi connectivity index (χ1v) is 8.64. The van der Waals surface area contributed by atoms with Crippen molar-refractivity contribution in [3.63, 3.8) is 0 Å². The first-order chi connectivity index (χ1) is 11.5. The van der Waals surface area contributed by atoms with E-state index in [-0.39, 0.29) is 24.3 Å². The van der Waals surface area contributed by atoms with Gasteiger partial charge in [-0.1, -0.05) is 23.8 Å². The molecule has 0 radical (unpaired) electrons. The molecule has 5 nitrogen and oxygen atoms in total. The first kappa shape index (κ1) is 16.7. The summed E-state index contributed by atoms with van der Waals surface area (Å²) in [5, 5.41) is 3.17. The molecule has 1 aliphatic rings. The number of nitrogens with zero attached hydrogens (tertiary/aromatic N) is 2. The summed E-state index contributed by atoms with van der Waals surface area (Å²) in [6.07, 6.45) is 0.184. The number of aryl methyl sites for hydroxylation is 1. The number of hydrogen-bond acceptors (Lipinski definition) is 4. The molecule has 0 saturated carbocycles. The predicted molar refractivity (Wildman–Crippen MR) is 93.6 cm³/mol. The monoisotopic (exact) mass is 344 g/mol. The SMILES string of the molecule is CON(C)C(=O)[C@@H]1CC(=O)N(c2ccc(C)cc2)[C@@H]1c1cccs1. The van der Waals surface area contributed by atoms with Crippen LogP contribution in [0.3, 0.4) is 0 Å². The quantitative estimate of drug-likeness (QED) is 0.801. The molecule has 1 fully saturated rings. The zero-order valence-electron chi connectivity index (χ0n) is 13.9. The molecule has 1 saturated heterocycles.